The monoisotopic (exact) mass is 440 g/mol. The van der Waals surface area contributed by atoms with Gasteiger partial charge in [0.05, 0.1) is 11.5 Å². The number of benzene rings is 1. The number of aliphatic hydroxyl groups excluding tert-OH is 1. The molecule has 1 aliphatic rings. The van der Waals surface area contributed by atoms with Crippen LogP contribution >= 0.6 is 11.3 Å². The minimum absolute atomic E-state index is 0.0678. The van der Waals surface area contributed by atoms with Crippen LogP contribution in [0.15, 0.2) is 36.5 Å². The van der Waals surface area contributed by atoms with Crippen molar-refractivity contribution in [3.63, 3.8) is 0 Å². The molecule has 1 fully saturated rings. The molecule has 0 aliphatic heterocycles. The summed E-state index contributed by atoms with van der Waals surface area (Å²) >= 11 is 1.53. The number of aromatic nitrogens is 2. The number of amides is 2. The van der Waals surface area contributed by atoms with Crippen LogP contribution in [0.5, 0.6) is 0 Å². The SMILES string of the molecule is Cn1nccc1C(=O)NCC1CCC(c2c(C(=O)NCCO)sc3ccccc23)CC1. The molecule has 0 atom stereocenters. The molecular formula is C23H28N4O3S. The Morgan fingerprint density at radius 2 is 1.90 bits per heavy atom. The summed E-state index contributed by atoms with van der Waals surface area (Å²) in [5, 5.41) is 20.1. The van der Waals surface area contributed by atoms with E-state index < -0.39 is 0 Å². The Balaban J connectivity index is 1.43. The molecule has 2 aromatic heterocycles. The molecule has 8 heteroatoms. The van der Waals surface area contributed by atoms with E-state index in [4.69, 9.17) is 5.11 Å². The number of hydrogen-bond acceptors (Lipinski definition) is 5. The van der Waals surface area contributed by atoms with E-state index in [1.807, 2.05) is 12.1 Å². The van der Waals surface area contributed by atoms with Crippen molar-refractivity contribution >= 4 is 33.2 Å². The number of carbonyl (C=O) groups excluding carboxylic acids is 2. The summed E-state index contributed by atoms with van der Waals surface area (Å²) in [4.78, 5) is 25.9. The van der Waals surface area contributed by atoms with Crippen molar-refractivity contribution in [1.82, 2.24) is 20.4 Å². The second-order valence-corrected chi connectivity index (χ2v) is 9.14. The molecule has 1 aliphatic carbocycles. The first-order chi connectivity index (χ1) is 15.1. The van der Waals surface area contributed by atoms with E-state index in [9.17, 15) is 9.59 Å². The van der Waals surface area contributed by atoms with Gasteiger partial charge >= 0.3 is 0 Å². The Labute approximate surface area is 185 Å². The number of carbonyl (C=O) groups is 2. The van der Waals surface area contributed by atoms with Crippen molar-refractivity contribution in [2.24, 2.45) is 13.0 Å². The third-order valence-corrected chi connectivity index (χ3v) is 7.28. The van der Waals surface area contributed by atoms with Gasteiger partial charge in [-0.2, -0.15) is 5.10 Å². The van der Waals surface area contributed by atoms with Gasteiger partial charge in [0.15, 0.2) is 0 Å². The Morgan fingerprint density at radius 1 is 1.13 bits per heavy atom. The molecule has 1 aromatic carbocycles. The van der Waals surface area contributed by atoms with Gasteiger partial charge in [-0.15, -0.1) is 11.3 Å². The predicted octanol–water partition coefficient (Wildman–Crippen LogP) is 3.06. The van der Waals surface area contributed by atoms with Crippen LogP contribution in [-0.4, -0.2) is 46.4 Å². The summed E-state index contributed by atoms with van der Waals surface area (Å²) in [6.07, 6.45) is 5.64. The van der Waals surface area contributed by atoms with Gasteiger partial charge in [0.25, 0.3) is 11.8 Å². The first kappa shape index (κ1) is 21.5. The molecule has 0 bridgehead atoms. The van der Waals surface area contributed by atoms with Crippen molar-refractivity contribution in [2.75, 3.05) is 19.7 Å². The lowest BCUT2D eigenvalue weighted by molar-refractivity contribution is 0.0928. The van der Waals surface area contributed by atoms with E-state index in [0.717, 1.165) is 46.2 Å². The highest BCUT2D eigenvalue weighted by Crippen LogP contribution is 2.43. The van der Waals surface area contributed by atoms with Gasteiger partial charge in [-0.05, 0) is 60.6 Å². The van der Waals surface area contributed by atoms with Crippen LogP contribution in [0.25, 0.3) is 10.1 Å². The highest BCUT2D eigenvalue weighted by molar-refractivity contribution is 7.21. The van der Waals surface area contributed by atoms with Crippen molar-refractivity contribution in [1.29, 1.82) is 0 Å². The van der Waals surface area contributed by atoms with Crippen LogP contribution in [-0.2, 0) is 7.05 Å². The molecule has 3 aromatic rings. The molecule has 0 spiro atoms. The highest BCUT2D eigenvalue weighted by atomic mass is 32.1. The van der Waals surface area contributed by atoms with Gasteiger partial charge in [-0.25, -0.2) is 0 Å². The van der Waals surface area contributed by atoms with Crippen molar-refractivity contribution in [3.8, 4) is 0 Å². The number of fused-ring (bicyclic) bond motifs is 1. The maximum absolute atomic E-state index is 12.8. The van der Waals surface area contributed by atoms with Crippen LogP contribution in [0.1, 0.15) is 57.3 Å². The van der Waals surface area contributed by atoms with E-state index in [0.29, 0.717) is 24.1 Å². The van der Waals surface area contributed by atoms with Crippen LogP contribution in [0.4, 0.5) is 0 Å². The summed E-state index contributed by atoms with van der Waals surface area (Å²) in [6.45, 7) is 0.849. The highest BCUT2D eigenvalue weighted by Gasteiger charge is 2.29. The Morgan fingerprint density at radius 3 is 2.61 bits per heavy atom. The van der Waals surface area contributed by atoms with E-state index in [2.05, 4.69) is 27.9 Å². The lowest BCUT2D eigenvalue weighted by Crippen LogP contribution is -2.32. The summed E-state index contributed by atoms with van der Waals surface area (Å²) in [6, 6.07) is 9.90. The zero-order valence-corrected chi connectivity index (χ0v) is 18.5. The fraction of sp³-hybridized carbons (Fsp3) is 0.435. The lowest BCUT2D eigenvalue weighted by Gasteiger charge is -2.29. The lowest BCUT2D eigenvalue weighted by atomic mass is 9.77. The number of rotatable bonds is 7. The summed E-state index contributed by atoms with van der Waals surface area (Å²) < 4.78 is 2.70. The molecule has 2 heterocycles. The zero-order chi connectivity index (χ0) is 21.8. The number of hydrogen-bond donors (Lipinski definition) is 3. The first-order valence-corrected chi connectivity index (χ1v) is 11.6. The Kier molecular flexibility index (Phi) is 6.67. The topological polar surface area (TPSA) is 96.2 Å². The minimum Gasteiger partial charge on any atom is -0.395 e. The average Bonchev–Trinajstić information content (AvgIpc) is 3.40. The standard InChI is InChI=1S/C23H28N4O3S/c1-27-18(10-11-26-27)22(29)25-14-15-6-8-16(9-7-15)20-17-4-2-3-5-19(17)31-21(20)23(30)24-12-13-28/h2-5,10-11,15-16,28H,6-9,12-14H2,1H3,(H,24,30)(H,25,29). The maximum atomic E-state index is 12.8. The molecular weight excluding hydrogens is 412 g/mol. The molecule has 3 N–H and O–H groups in total. The van der Waals surface area contributed by atoms with Crippen molar-refractivity contribution in [2.45, 2.75) is 31.6 Å². The van der Waals surface area contributed by atoms with Crippen LogP contribution in [0.2, 0.25) is 0 Å². The Hall–Kier alpha value is -2.71. The molecule has 164 valence electrons. The average molecular weight is 441 g/mol. The number of aliphatic hydroxyl groups is 1. The number of nitrogens with one attached hydrogen (secondary N) is 2. The van der Waals surface area contributed by atoms with Gasteiger partial charge < -0.3 is 15.7 Å². The molecule has 31 heavy (non-hydrogen) atoms. The quantitative estimate of drug-likeness (QED) is 0.526. The molecule has 0 unspecified atom stereocenters. The number of nitrogens with zero attached hydrogens (tertiary/aromatic N) is 2. The van der Waals surface area contributed by atoms with Gasteiger partial charge in [0, 0.05) is 31.0 Å². The molecule has 2 amide bonds. The van der Waals surface area contributed by atoms with Crippen molar-refractivity contribution in [3.05, 3.63) is 52.7 Å². The summed E-state index contributed by atoms with van der Waals surface area (Å²) in [5.74, 6) is 0.574. The van der Waals surface area contributed by atoms with Gasteiger partial charge in [0.1, 0.15) is 5.69 Å². The number of aryl methyl sites for hydroxylation is 1. The van der Waals surface area contributed by atoms with Gasteiger partial charge in [0.2, 0.25) is 0 Å². The number of thiophene rings is 1. The van der Waals surface area contributed by atoms with Gasteiger partial charge in [-0.3, -0.25) is 14.3 Å². The van der Waals surface area contributed by atoms with Crippen LogP contribution in [0, 0.1) is 5.92 Å². The van der Waals surface area contributed by atoms with E-state index in [-0.39, 0.29) is 25.0 Å². The zero-order valence-electron chi connectivity index (χ0n) is 17.6. The van der Waals surface area contributed by atoms with Crippen molar-refractivity contribution < 1.29 is 14.7 Å². The molecule has 0 radical (unpaired) electrons. The minimum atomic E-state index is -0.101. The summed E-state index contributed by atoms with van der Waals surface area (Å²) in [5.41, 5.74) is 1.71. The molecule has 7 nitrogen and oxygen atoms in total. The van der Waals surface area contributed by atoms with E-state index in [1.54, 1.807) is 24.0 Å². The normalized spacial score (nSPS) is 18.8. The fourth-order valence-corrected chi connectivity index (χ4v) is 5.67. The molecule has 0 saturated heterocycles. The third-order valence-electron chi connectivity index (χ3n) is 6.10. The van der Waals surface area contributed by atoms with E-state index in [1.165, 1.54) is 11.3 Å². The Bertz CT molecular complexity index is 1070. The largest absolute Gasteiger partial charge is 0.395 e. The smallest absolute Gasteiger partial charge is 0.269 e. The van der Waals surface area contributed by atoms with E-state index >= 15 is 0 Å². The second-order valence-electron chi connectivity index (χ2n) is 8.09. The predicted molar refractivity (Wildman–Crippen MR) is 121 cm³/mol. The van der Waals surface area contributed by atoms with Gasteiger partial charge in [-0.1, -0.05) is 18.2 Å². The summed E-state index contributed by atoms with van der Waals surface area (Å²) in [7, 11) is 1.76. The second kappa shape index (κ2) is 9.62. The van der Waals surface area contributed by atoms with Crippen LogP contribution in [0.3, 0.4) is 0 Å². The first-order valence-electron chi connectivity index (χ1n) is 10.7. The molecule has 1 saturated carbocycles. The fourth-order valence-electron chi connectivity index (χ4n) is 4.47. The third kappa shape index (κ3) is 4.65. The van der Waals surface area contributed by atoms with Crippen LogP contribution < -0.4 is 10.6 Å². The maximum Gasteiger partial charge on any atom is 0.269 e. The molecule has 4 rings (SSSR count).